The molecule has 1 atom stereocenters. The lowest BCUT2D eigenvalue weighted by molar-refractivity contribution is -0.140. The SMILES string of the molecule is Cl.NCCC[C@H](N)c1ccc(F)c(C(F)(F)F)c1. The minimum Gasteiger partial charge on any atom is -0.330 e. The van der Waals surface area contributed by atoms with Gasteiger partial charge in [-0.2, -0.15) is 13.2 Å². The molecule has 0 saturated heterocycles. The van der Waals surface area contributed by atoms with E-state index in [0.29, 0.717) is 19.4 Å². The maximum atomic E-state index is 13.0. The number of rotatable bonds is 4. The molecule has 0 aliphatic heterocycles. The van der Waals surface area contributed by atoms with E-state index in [1.807, 2.05) is 0 Å². The van der Waals surface area contributed by atoms with E-state index < -0.39 is 23.6 Å². The Balaban J connectivity index is 0.00000289. The summed E-state index contributed by atoms with van der Waals surface area (Å²) in [5.74, 6) is -1.28. The Kier molecular flexibility index (Phi) is 6.59. The molecule has 2 nitrogen and oxygen atoms in total. The molecule has 0 spiro atoms. The van der Waals surface area contributed by atoms with E-state index in [9.17, 15) is 17.6 Å². The molecule has 1 aromatic rings. The highest BCUT2D eigenvalue weighted by molar-refractivity contribution is 5.85. The molecule has 4 N–H and O–H groups in total. The van der Waals surface area contributed by atoms with Crippen molar-refractivity contribution in [3.05, 3.63) is 35.1 Å². The predicted molar refractivity (Wildman–Crippen MR) is 63.9 cm³/mol. The number of alkyl halides is 3. The van der Waals surface area contributed by atoms with Gasteiger partial charge in [0.1, 0.15) is 5.82 Å². The van der Waals surface area contributed by atoms with Crippen molar-refractivity contribution in [2.45, 2.75) is 25.1 Å². The highest BCUT2D eigenvalue weighted by atomic mass is 35.5. The lowest BCUT2D eigenvalue weighted by Crippen LogP contribution is -2.15. The Morgan fingerprint density at radius 3 is 2.33 bits per heavy atom. The maximum absolute atomic E-state index is 13.0. The molecule has 0 aromatic heterocycles. The van der Waals surface area contributed by atoms with E-state index in [1.165, 1.54) is 6.07 Å². The van der Waals surface area contributed by atoms with Crippen LogP contribution in [-0.4, -0.2) is 6.54 Å². The van der Waals surface area contributed by atoms with Gasteiger partial charge in [-0.05, 0) is 37.1 Å². The molecule has 0 heterocycles. The van der Waals surface area contributed by atoms with Gasteiger partial charge in [0, 0.05) is 6.04 Å². The van der Waals surface area contributed by atoms with Gasteiger partial charge in [0.05, 0.1) is 5.56 Å². The van der Waals surface area contributed by atoms with Crippen LogP contribution in [0.5, 0.6) is 0 Å². The van der Waals surface area contributed by atoms with Crippen LogP contribution in [-0.2, 0) is 6.18 Å². The summed E-state index contributed by atoms with van der Waals surface area (Å²) in [5, 5.41) is 0. The first-order chi connectivity index (χ1) is 7.86. The fourth-order valence-corrected chi connectivity index (χ4v) is 1.50. The number of nitrogens with two attached hydrogens (primary N) is 2. The van der Waals surface area contributed by atoms with Crippen molar-refractivity contribution in [3.63, 3.8) is 0 Å². The fourth-order valence-electron chi connectivity index (χ4n) is 1.50. The lowest BCUT2D eigenvalue weighted by Gasteiger charge is -2.14. The van der Waals surface area contributed by atoms with Gasteiger partial charge in [0.25, 0.3) is 0 Å². The van der Waals surface area contributed by atoms with Crippen molar-refractivity contribution in [2.75, 3.05) is 6.54 Å². The normalized spacial score (nSPS) is 13.0. The van der Waals surface area contributed by atoms with E-state index in [2.05, 4.69) is 0 Å². The molecule has 0 saturated carbocycles. The summed E-state index contributed by atoms with van der Waals surface area (Å²) in [5.41, 5.74) is 9.97. The molecule has 0 unspecified atom stereocenters. The molecule has 0 bridgehead atoms. The summed E-state index contributed by atoms with van der Waals surface area (Å²) in [7, 11) is 0. The summed E-state index contributed by atoms with van der Waals surface area (Å²) in [6, 6.07) is 2.27. The van der Waals surface area contributed by atoms with Crippen molar-refractivity contribution < 1.29 is 17.6 Å². The lowest BCUT2D eigenvalue weighted by atomic mass is 10.00. The van der Waals surface area contributed by atoms with Gasteiger partial charge in [-0.25, -0.2) is 4.39 Å². The molecule has 0 aliphatic rings. The average molecular weight is 287 g/mol. The third-order valence-electron chi connectivity index (χ3n) is 2.44. The van der Waals surface area contributed by atoms with Crippen LogP contribution < -0.4 is 11.5 Å². The van der Waals surface area contributed by atoms with E-state index in [0.717, 1.165) is 12.1 Å². The van der Waals surface area contributed by atoms with Crippen LogP contribution in [0, 0.1) is 5.82 Å². The second-order valence-electron chi connectivity index (χ2n) is 3.77. The third kappa shape index (κ3) is 4.44. The molecule has 104 valence electrons. The zero-order valence-electron chi connectivity index (χ0n) is 9.51. The van der Waals surface area contributed by atoms with Crippen molar-refractivity contribution in [3.8, 4) is 0 Å². The zero-order valence-corrected chi connectivity index (χ0v) is 10.3. The largest absolute Gasteiger partial charge is 0.419 e. The highest BCUT2D eigenvalue weighted by Gasteiger charge is 2.34. The summed E-state index contributed by atoms with van der Waals surface area (Å²) < 4.78 is 50.3. The van der Waals surface area contributed by atoms with Crippen LogP contribution in [0.3, 0.4) is 0 Å². The highest BCUT2D eigenvalue weighted by Crippen LogP contribution is 2.33. The molecule has 0 amide bonds. The number of benzene rings is 1. The Morgan fingerprint density at radius 2 is 1.83 bits per heavy atom. The summed E-state index contributed by atoms with van der Waals surface area (Å²) in [4.78, 5) is 0. The van der Waals surface area contributed by atoms with Crippen LogP contribution in [0.15, 0.2) is 18.2 Å². The Hall–Kier alpha value is -0.850. The Labute approximate surface area is 109 Å². The van der Waals surface area contributed by atoms with Gasteiger partial charge in [0.15, 0.2) is 0 Å². The van der Waals surface area contributed by atoms with Gasteiger partial charge >= 0.3 is 6.18 Å². The molecular weight excluding hydrogens is 272 g/mol. The van der Waals surface area contributed by atoms with Gasteiger partial charge in [-0.1, -0.05) is 6.07 Å². The Morgan fingerprint density at radius 1 is 1.22 bits per heavy atom. The Bertz CT molecular complexity index is 382. The topological polar surface area (TPSA) is 52.0 Å². The molecular formula is C11H15ClF4N2. The molecule has 0 aliphatic carbocycles. The van der Waals surface area contributed by atoms with Crippen molar-refractivity contribution >= 4 is 12.4 Å². The maximum Gasteiger partial charge on any atom is 0.419 e. The summed E-state index contributed by atoms with van der Waals surface area (Å²) >= 11 is 0. The smallest absolute Gasteiger partial charge is 0.330 e. The zero-order chi connectivity index (χ0) is 13.1. The number of hydrogen-bond acceptors (Lipinski definition) is 2. The van der Waals surface area contributed by atoms with Crippen LogP contribution in [0.2, 0.25) is 0 Å². The van der Waals surface area contributed by atoms with Crippen LogP contribution in [0.1, 0.15) is 30.0 Å². The van der Waals surface area contributed by atoms with E-state index in [1.54, 1.807) is 0 Å². The van der Waals surface area contributed by atoms with E-state index in [-0.39, 0.29) is 18.0 Å². The van der Waals surface area contributed by atoms with Crippen LogP contribution in [0.25, 0.3) is 0 Å². The predicted octanol–water partition coefficient (Wildman–Crippen LogP) is 3.01. The molecule has 1 aromatic carbocycles. The molecule has 1 rings (SSSR count). The average Bonchev–Trinajstić information content (AvgIpc) is 2.25. The van der Waals surface area contributed by atoms with Crippen molar-refractivity contribution in [2.24, 2.45) is 11.5 Å². The van der Waals surface area contributed by atoms with E-state index in [4.69, 9.17) is 11.5 Å². The summed E-state index contributed by atoms with van der Waals surface area (Å²) in [6.07, 6.45) is -3.62. The molecule has 18 heavy (non-hydrogen) atoms. The van der Waals surface area contributed by atoms with Gasteiger partial charge in [0.2, 0.25) is 0 Å². The van der Waals surface area contributed by atoms with E-state index >= 15 is 0 Å². The minimum atomic E-state index is -4.70. The number of halogens is 5. The van der Waals surface area contributed by atoms with Crippen molar-refractivity contribution in [1.82, 2.24) is 0 Å². The van der Waals surface area contributed by atoms with Crippen LogP contribution >= 0.6 is 12.4 Å². The second kappa shape index (κ2) is 6.92. The van der Waals surface area contributed by atoms with Gasteiger partial charge in [-0.3, -0.25) is 0 Å². The molecule has 7 heteroatoms. The first kappa shape index (κ1) is 17.2. The van der Waals surface area contributed by atoms with Crippen molar-refractivity contribution in [1.29, 1.82) is 0 Å². The van der Waals surface area contributed by atoms with Gasteiger partial charge in [-0.15, -0.1) is 12.4 Å². The first-order valence-electron chi connectivity index (χ1n) is 5.18. The van der Waals surface area contributed by atoms with Crippen LogP contribution in [0.4, 0.5) is 17.6 Å². The first-order valence-corrected chi connectivity index (χ1v) is 5.18. The molecule has 0 fully saturated rings. The molecule has 0 radical (unpaired) electrons. The minimum absolute atomic E-state index is 0. The van der Waals surface area contributed by atoms with Gasteiger partial charge < -0.3 is 11.5 Å². The fraction of sp³-hybridized carbons (Fsp3) is 0.455. The second-order valence-corrected chi connectivity index (χ2v) is 3.77. The monoisotopic (exact) mass is 286 g/mol. The quantitative estimate of drug-likeness (QED) is 0.836. The third-order valence-corrected chi connectivity index (χ3v) is 2.44. The number of hydrogen-bond donors (Lipinski definition) is 2. The summed E-state index contributed by atoms with van der Waals surface area (Å²) in [6.45, 7) is 0.418. The standard InChI is InChI=1S/C11H14F4N2.ClH/c12-9-4-3-7(10(17)2-1-5-16)6-8(9)11(13,14)15;/h3-4,6,10H,1-2,5,16-17H2;1H/t10-;/m0./s1.